The first kappa shape index (κ1) is 29.9. The number of aromatic nitrogens is 4. The Hall–Kier alpha value is -3.11. The smallest absolute Gasteiger partial charge is 0.251 e. The molecule has 40 heavy (non-hydrogen) atoms. The van der Waals surface area contributed by atoms with E-state index in [-0.39, 0.29) is 22.4 Å². The first-order valence-electron chi connectivity index (χ1n) is 12.3. The van der Waals surface area contributed by atoms with Gasteiger partial charge in [0, 0.05) is 5.56 Å². The Morgan fingerprint density at radius 3 is 2.55 bits per heavy atom. The van der Waals surface area contributed by atoms with Crippen LogP contribution in [0.5, 0.6) is 0 Å². The van der Waals surface area contributed by atoms with Gasteiger partial charge in [-0.1, -0.05) is 52.9 Å². The highest BCUT2D eigenvalue weighted by atomic mass is 35.5. The molecule has 1 fully saturated rings. The van der Waals surface area contributed by atoms with E-state index in [4.69, 9.17) is 23.2 Å². The molecule has 1 aliphatic rings. The second-order valence-corrected chi connectivity index (χ2v) is 13.4. The van der Waals surface area contributed by atoms with Crippen molar-refractivity contribution in [2.45, 2.75) is 44.7 Å². The van der Waals surface area contributed by atoms with Crippen molar-refractivity contribution in [1.29, 1.82) is 0 Å². The lowest BCUT2D eigenvalue weighted by molar-refractivity contribution is -0.124. The molecule has 0 aliphatic heterocycles. The van der Waals surface area contributed by atoms with Crippen LogP contribution >= 0.6 is 35.0 Å². The van der Waals surface area contributed by atoms with E-state index in [9.17, 15) is 18.0 Å². The number of nitrogens with zero attached hydrogens (tertiary/aromatic N) is 4. The van der Waals surface area contributed by atoms with Crippen LogP contribution in [0.1, 0.15) is 50.7 Å². The topological polar surface area (TPSA) is 136 Å². The number of thioether (sulfide) groups is 1. The molecule has 3 aromatic rings. The van der Waals surface area contributed by atoms with Gasteiger partial charge in [0.2, 0.25) is 21.1 Å². The number of halogens is 2. The Bertz CT molecular complexity index is 1630. The fourth-order valence-corrected chi connectivity index (χ4v) is 5.28. The molecule has 0 atom stereocenters. The Morgan fingerprint density at radius 1 is 1.15 bits per heavy atom. The van der Waals surface area contributed by atoms with Crippen LogP contribution in [0.25, 0.3) is 5.69 Å². The molecule has 14 heteroatoms. The van der Waals surface area contributed by atoms with Crippen molar-refractivity contribution < 1.29 is 18.0 Å². The lowest BCUT2D eigenvalue weighted by Crippen LogP contribution is -2.40. The zero-order valence-electron chi connectivity index (χ0n) is 21.9. The van der Waals surface area contributed by atoms with Gasteiger partial charge in [0.25, 0.3) is 5.91 Å². The maximum absolute atomic E-state index is 12.6. The van der Waals surface area contributed by atoms with E-state index < -0.39 is 21.3 Å². The van der Waals surface area contributed by atoms with Crippen LogP contribution in [-0.2, 0) is 19.6 Å². The van der Waals surface area contributed by atoms with Crippen molar-refractivity contribution in [1.82, 2.24) is 24.9 Å². The van der Waals surface area contributed by atoms with E-state index in [1.54, 1.807) is 18.2 Å². The van der Waals surface area contributed by atoms with Crippen molar-refractivity contribution >= 4 is 62.5 Å². The number of sulfonamides is 1. The number of hydrogen-bond acceptors (Lipinski definition) is 8. The number of carbonyl (C=O) groups is 2. The molecular formula is C26H26Cl2N6O4S2. The Kier molecular flexibility index (Phi) is 9.09. The maximum Gasteiger partial charge on any atom is 0.251 e. The fraction of sp³-hybridized carbons (Fsp3) is 0.346. The summed E-state index contributed by atoms with van der Waals surface area (Å²) in [5, 5.41) is 15.7. The highest BCUT2D eigenvalue weighted by Gasteiger charge is 2.28. The summed E-state index contributed by atoms with van der Waals surface area (Å²) in [5.74, 6) is 4.91. The fourth-order valence-electron chi connectivity index (χ4n) is 3.42. The molecule has 0 unspecified atom stereocenters. The molecule has 1 aliphatic carbocycles. The normalized spacial score (nSPS) is 13.3. The number of benzene rings is 2. The standard InChI is InChI=1S/C26H26Cl2N6O4S2/c1-4-40(37,38)31-24(36)26(2,3)12-11-16-5-9-21(19(27)13-16)29-23(35)15-39-25-30-32-33-34(25)22-10-8-18(14-20(22)28)17-6-7-17/h5,8-10,13-14,17H,4,6-7,15H2,1-3H3,(H,29,35)(H,31,36). The molecule has 1 heterocycles. The minimum Gasteiger partial charge on any atom is -0.324 e. The van der Waals surface area contributed by atoms with Crippen molar-refractivity contribution in [3.05, 3.63) is 57.6 Å². The van der Waals surface area contributed by atoms with Crippen LogP contribution in [-0.4, -0.2) is 51.9 Å². The Balaban J connectivity index is 1.37. The van der Waals surface area contributed by atoms with Crippen molar-refractivity contribution in [2.75, 3.05) is 16.8 Å². The summed E-state index contributed by atoms with van der Waals surface area (Å²) < 4.78 is 26.9. The maximum atomic E-state index is 12.6. The molecule has 1 aromatic heterocycles. The van der Waals surface area contributed by atoms with E-state index in [1.165, 1.54) is 43.9 Å². The third kappa shape index (κ3) is 7.54. The van der Waals surface area contributed by atoms with Gasteiger partial charge in [0.1, 0.15) is 5.41 Å². The summed E-state index contributed by atoms with van der Waals surface area (Å²) in [4.78, 5) is 25.0. The number of nitrogens with one attached hydrogen (secondary N) is 2. The number of amides is 2. The minimum atomic E-state index is -3.70. The molecule has 210 valence electrons. The third-order valence-electron chi connectivity index (χ3n) is 5.98. The predicted molar refractivity (Wildman–Crippen MR) is 155 cm³/mol. The average Bonchev–Trinajstić information content (AvgIpc) is 3.65. The summed E-state index contributed by atoms with van der Waals surface area (Å²) in [6.07, 6.45) is 2.34. The number of tetrazole rings is 1. The third-order valence-corrected chi connectivity index (χ3v) is 8.77. The first-order chi connectivity index (χ1) is 18.9. The van der Waals surface area contributed by atoms with Gasteiger partial charge in [-0.15, -0.1) is 5.10 Å². The molecular weight excluding hydrogens is 595 g/mol. The monoisotopic (exact) mass is 620 g/mol. The van der Waals surface area contributed by atoms with Crippen LogP contribution in [0.15, 0.2) is 41.6 Å². The number of hydrogen-bond donors (Lipinski definition) is 2. The molecule has 0 radical (unpaired) electrons. The van der Waals surface area contributed by atoms with E-state index in [0.717, 1.165) is 11.8 Å². The van der Waals surface area contributed by atoms with Crippen LogP contribution in [0.3, 0.4) is 0 Å². The van der Waals surface area contributed by atoms with Gasteiger partial charge in [-0.3, -0.25) is 14.3 Å². The molecule has 10 nitrogen and oxygen atoms in total. The van der Waals surface area contributed by atoms with E-state index in [2.05, 4.69) is 32.7 Å². The second-order valence-electron chi connectivity index (χ2n) is 9.60. The van der Waals surface area contributed by atoms with Crippen LogP contribution in [0.2, 0.25) is 10.0 Å². The average molecular weight is 622 g/mol. The highest BCUT2D eigenvalue weighted by Crippen LogP contribution is 2.41. The van der Waals surface area contributed by atoms with E-state index >= 15 is 0 Å². The minimum absolute atomic E-state index is 0.0139. The van der Waals surface area contributed by atoms with Crippen LogP contribution in [0.4, 0.5) is 5.69 Å². The summed E-state index contributed by atoms with van der Waals surface area (Å²) in [7, 11) is -3.70. The Labute approximate surface area is 246 Å². The molecule has 0 bridgehead atoms. The summed E-state index contributed by atoms with van der Waals surface area (Å²) >= 11 is 14.0. The molecule has 2 amide bonds. The predicted octanol–water partition coefficient (Wildman–Crippen LogP) is 4.42. The summed E-state index contributed by atoms with van der Waals surface area (Å²) in [6.45, 7) is 4.46. The number of rotatable bonds is 9. The largest absolute Gasteiger partial charge is 0.324 e. The van der Waals surface area contributed by atoms with E-state index in [0.29, 0.717) is 33.0 Å². The lowest BCUT2D eigenvalue weighted by Gasteiger charge is -2.16. The zero-order chi connectivity index (χ0) is 29.1. The molecule has 1 saturated carbocycles. The van der Waals surface area contributed by atoms with Gasteiger partial charge < -0.3 is 5.32 Å². The van der Waals surface area contributed by atoms with Gasteiger partial charge in [-0.25, -0.2) is 8.42 Å². The van der Waals surface area contributed by atoms with Crippen molar-refractivity contribution in [3.63, 3.8) is 0 Å². The quantitative estimate of drug-likeness (QED) is 0.265. The molecule has 2 N–H and O–H groups in total. The van der Waals surface area contributed by atoms with Gasteiger partial charge in [0.05, 0.1) is 32.9 Å². The highest BCUT2D eigenvalue weighted by molar-refractivity contribution is 7.99. The number of anilines is 1. The Morgan fingerprint density at radius 2 is 1.90 bits per heavy atom. The summed E-state index contributed by atoms with van der Waals surface area (Å²) in [6, 6.07) is 10.6. The zero-order valence-corrected chi connectivity index (χ0v) is 25.0. The number of carbonyl (C=O) groups excluding carboxylic acids is 2. The first-order valence-corrected chi connectivity index (χ1v) is 15.7. The van der Waals surface area contributed by atoms with Crippen molar-refractivity contribution in [2.24, 2.45) is 5.41 Å². The second kappa shape index (κ2) is 12.2. The van der Waals surface area contributed by atoms with Gasteiger partial charge in [0.15, 0.2) is 0 Å². The molecule has 4 rings (SSSR count). The molecule has 0 spiro atoms. The summed E-state index contributed by atoms with van der Waals surface area (Å²) in [5.41, 5.74) is 1.42. The lowest BCUT2D eigenvalue weighted by atomic mass is 9.93. The van der Waals surface area contributed by atoms with E-state index in [1.807, 2.05) is 22.9 Å². The van der Waals surface area contributed by atoms with Gasteiger partial charge >= 0.3 is 0 Å². The molecule has 2 aromatic carbocycles. The van der Waals surface area contributed by atoms with Gasteiger partial charge in [-0.05, 0) is 85.9 Å². The van der Waals surface area contributed by atoms with Crippen LogP contribution in [0, 0.1) is 17.3 Å². The van der Waals surface area contributed by atoms with Crippen LogP contribution < -0.4 is 10.0 Å². The van der Waals surface area contributed by atoms with Gasteiger partial charge in [-0.2, -0.15) is 4.68 Å². The van der Waals surface area contributed by atoms with Crippen molar-refractivity contribution in [3.8, 4) is 17.5 Å². The SMILES string of the molecule is CCS(=O)(=O)NC(=O)C(C)(C)C#Cc1ccc(NC(=O)CSc2nnnn2-c2ccc(C3CC3)cc2Cl)c(Cl)c1. The molecule has 0 saturated heterocycles.